The summed E-state index contributed by atoms with van der Waals surface area (Å²) in [6.45, 7) is 0. The molecule has 0 N–H and O–H groups in total. The number of rotatable bonds is 7. The molecular weight excluding hydrogens is 673 g/mol. The van der Waals surface area contributed by atoms with Crippen molar-refractivity contribution in [2.45, 2.75) is 0 Å². The zero-order chi connectivity index (χ0) is 37.3. The van der Waals surface area contributed by atoms with Gasteiger partial charge in [-0.05, 0) is 105 Å². The highest BCUT2D eigenvalue weighted by atomic mass is 14.2. The molecule has 0 aliphatic heterocycles. The largest absolute Gasteiger partial charge is 0.0622 e. The second-order valence-electron chi connectivity index (χ2n) is 14.5. The lowest BCUT2D eigenvalue weighted by atomic mass is 9.84. The Morgan fingerprint density at radius 2 is 0.375 bits per heavy atom. The molecule has 262 valence electrons. The smallest absolute Gasteiger partial charge is 0.00261 e. The molecule has 10 rings (SSSR count). The monoisotopic (exact) mass is 710 g/mol. The first-order valence-corrected chi connectivity index (χ1v) is 19.3. The lowest BCUT2D eigenvalue weighted by molar-refractivity contribution is 1.58. The molecule has 0 saturated carbocycles. The molecule has 0 bridgehead atoms. The predicted octanol–water partition coefficient (Wildman–Crippen LogP) is 15.7. The van der Waals surface area contributed by atoms with E-state index in [2.05, 4.69) is 231 Å². The van der Waals surface area contributed by atoms with E-state index in [9.17, 15) is 0 Å². The van der Waals surface area contributed by atoms with Gasteiger partial charge in [-0.2, -0.15) is 0 Å². The third kappa shape index (κ3) is 6.28. The van der Waals surface area contributed by atoms with Crippen molar-refractivity contribution in [2.75, 3.05) is 0 Å². The zero-order valence-electron chi connectivity index (χ0n) is 30.9. The van der Waals surface area contributed by atoms with Crippen molar-refractivity contribution in [2.24, 2.45) is 0 Å². The Balaban J connectivity index is 1.10. The Hall–Kier alpha value is -7.28. The van der Waals surface area contributed by atoms with Gasteiger partial charge in [0.2, 0.25) is 0 Å². The van der Waals surface area contributed by atoms with Crippen LogP contribution < -0.4 is 0 Å². The van der Waals surface area contributed by atoms with Crippen LogP contribution in [0.2, 0.25) is 0 Å². The van der Waals surface area contributed by atoms with Crippen molar-refractivity contribution in [3.63, 3.8) is 0 Å². The summed E-state index contributed by atoms with van der Waals surface area (Å²) in [5, 5.41) is 5.00. The quantitative estimate of drug-likeness (QED) is 0.144. The lowest BCUT2D eigenvalue weighted by Gasteiger charge is -2.19. The van der Waals surface area contributed by atoms with Crippen LogP contribution in [-0.2, 0) is 0 Å². The van der Waals surface area contributed by atoms with Crippen molar-refractivity contribution < 1.29 is 0 Å². The van der Waals surface area contributed by atoms with Gasteiger partial charge in [-0.3, -0.25) is 0 Å². The van der Waals surface area contributed by atoms with Crippen molar-refractivity contribution in [1.82, 2.24) is 0 Å². The molecule has 10 aromatic rings. The van der Waals surface area contributed by atoms with Gasteiger partial charge in [-0.15, -0.1) is 0 Å². The Labute approximate surface area is 328 Å². The van der Waals surface area contributed by atoms with Gasteiger partial charge < -0.3 is 0 Å². The Kier molecular flexibility index (Phi) is 8.63. The first kappa shape index (κ1) is 33.3. The molecule has 0 heteroatoms. The van der Waals surface area contributed by atoms with E-state index in [0.717, 1.165) is 0 Å². The fourth-order valence-corrected chi connectivity index (χ4v) is 8.24. The van der Waals surface area contributed by atoms with Gasteiger partial charge in [0.1, 0.15) is 0 Å². The van der Waals surface area contributed by atoms with Crippen LogP contribution in [0.15, 0.2) is 231 Å². The molecule has 0 atom stereocenters. The highest BCUT2D eigenvalue weighted by Crippen LogP contribution is 2.45. The highest BCUT2D eigenvalue weighted by molar-refractivity contribution is 6.22. The van der Waals surface area contributed by atoms with Crippen molar-refractivity contribution in [1.29, 1.82) is 0 Å². The van der Waals surface area contributed by atoms with E-state index in [1.807, 2.05) is 0 Å². The second-order valence-corrected chi connectivity index (χ2v) is 14.5. The second kappa shape index (κ2) is 14.5. The fourth-order valence-electron chi connectivity index (χ4n) is 8.24. The van der Waals surface area contributed by atoms with E-state index in [0.29, 0.717) is 0 Å². The molecule has 0 aromatic heterocycles. The van der Waals surface area contributed by atoms with E-state index in [1.165, 1.54) is 99.4 Å². The first-order chi connectivity index (χ1) is 27.8. The van der Waals surface area contributed by atoms with Crippen LogP contribution in [0.1, 0.15) is 0 Å². The van der Waals surface area contributed by atoms with Crippen molar-refractivity contribution >= 4 is 21.5 Å². The summed E-state index contributed by atoms with van der Waals surface area (Å²) in [5.41, 5.74) is 17.1. The molecule has 0 spiro atoms. The van der Waals surface area contributed by atoms with E-state index < -0.39 is 0 Å². The molecule has 0 aliphatic rings. The maximum Gasteiger partial charge on any atom is -0.00261 e. The van der Waals surface area contributed by atoms with E-state index in [1.54, 1.807) is 0 Å². The molecule has 10 aromatic carbocycles. The van der Waals surface area contributed by atoms with Gasteiger partial charge in [0, 0.05) is 0 Å². The molecule has 0 nitrogen and oxygen atoms in total. The molecule has 0 saturated heterocycles. The molecule has 0 unspecified atom stereocenters. The van der Waals surface area contributed by atoms with Gasteiger partial charge >= 0.3 is 0 Å². The minimum absolute atomic E-state index is 1.20. The normalized spacial score (nSPS) is 11.2. The summed E-state index contributed by atoms with van der Waals surface area (Å²) in [7, 11) is 0. The summed E-state index contributed by atoms with van der Waals surface area (Å²) in [6.07, 6.45) is 0. The van der Waals surface area contributed by atoms with Gasteiger partial charge in [-0.25, -0.2) is 0 Å². The van der Waals surface area contributed by atoms with E-state index in [-0.39, 0.29) is 0 Å². The topological polar surface area (TPSA) is 0 Å². The minimum Gasteiger partial charge on any atom is -0.0622 e. The third-order valence-corrected chi connectivity index (χ3v) is 11.1. The average molecular weight is 711 g/mol. The van der Waals surface area contributed by atoms with Crippen LogP contribution >= 0.6 is 0 Å². The van der Waals surface area contributed by atoms with E-state index in [4.69, 9.17) is 0 Å². The number of benzene rings is 10. The third-order valence-electron chi connectivity index (χ3n) is 11.1. The van der Waals surface area contributed by atoms with Gasteiger partial charge in [-0.1, -0.05) is 224 Å². The Morgan fingerprint density at radius 1 is 0.143 bits per heavy atom. The van der Waals surface area contributed by atoms with Gasteiger partial charge in [0.25, 0.3) is 0 Å². The highest BCUT2D eigenvalue weighted by Gasteiger charge is 2.18. The van der Waals surface area contributed by atoms with Gasteiger partial charge in [0.05, 0.1) is 0 Å². The summed E-state index contributed by atoms with van der Waals surface area (Å²) in [5.74, 6) is 0. The predicted molar refractivity (Wildman–Crippen MR) is 240 cm³/mol. The number of fused-ring (bicyclic) bond motifs is 2. The molecular formula is C56H38. The van der Waals surface area contributed by atoms with E-state index >= 15 is 0 Å². The Morgan fingerprint density at radius 3 is 0.732 bits per heavy atom. The molecule has 0 radical (unpaired) electrons. The SMILES string of the molecule is c1ccc(-c2ccc(-c3ccc(-c4ccc5c(-c6ccc(-c7ccccc7)cc6)c6ccccc6c(-c6ccc(-c7ccccc7)cc6)c5c4)cc3)cc2)cc1. The maximum atomic E-state index is 2.41. The Bertz CT molecular complexity index is 2920. The fraction of sp³-hybridized carbons (Fsp3) is 0. The van der Waals surface area contributed by atoms with Crippen LogP contribution in [-0.4, -0.2) is 0 Å². The van der Waals surface area contributed by atoms with Crippen LogP contribution in [0, 0.1) is 0 Å². The standard InChI is InChI=1S/C56H38/c1-4-12-39(13-5-1)42-20-22-45(23-21-42)46-24-26-47(27-25-46)50-36-37-53-54(38-50)56(49-34-30-44(31-35-49)41-16-8-3-9-17-41)52-19-11-10-18-51(52)55(53)48-32-28-43(29-33-48)40-14-6-2-7-15-40/h1-38H. The van der Waals surface area contributed by atoms with Crippen LogP contribution in [0.5, 0.6) is 0 Å². The van der Waals surface area contributed by atoms with Gasteiger partial charge in [0.15, 0.2) is 0 Å². The lowest BCUT2D eigenvalue weighted by Crippen LogP contribution is -1.92. The molecule has 0 aliphatic carbocycles. The summed E-state index contributed by atoms with van der Waals surface area (Å²) in [6, 6.07) is 83.9. The first-order valence-electron chi connectivity index (χ1n) is 19.3. The average Bonchev–Trinajstić information content (AvgIpc) is 3.29. The zero-order valence-corrected chi connectivity index (χ0v) is 30.9. The van der Waals surface area contributed by atoms with Crippen molar-refractivity contribution in [3.05, 3.63) is 231 Å². The molecule has 0 amide bonds. The molecule has 56 heavy (non-hydrogen) atoms. The summed E-state index contributed by atoms with van der Waals surface area (Å²) >= 11 is 0. The summed E-state index contributed by atoms with van der Waals surface area (Å²) < 4.78 is 0. The minimum atomic E-state index is 1.20. The number of hydrogen-bond acceptors (Lipinski definition) is 0. The number of hydrogen-bond donors (Lipinski definition) is 0. The summed E-state index contributed by atoms with van der Waals surface area (Å²) in [4.78, 5) is 0. The van der Waals surface area contributed by atoms with Crippen molar-refractivity contribution in [3.8, 4) is 77.9 Å². The maximum absolute atomic E-state index is 2.41. The van der Waals surface area contributed by atoms with Crippen LogP contribution in [0.3, 0.4) is 0 Å². The molecule has 0 heterocycles. The van der Waals surface area contributed by atoms with Crippen LogP contribution in [0.4, 0.5) is 0 Å². The molecule has 0 fully saturated rings. The van der Waals surface area contributed by atoms with Crippen LogP contribution in [0.25, 0.3) is 99.4 Å².